The number of benzene rings is 2. The van der Waals surface area contributed by atoms with Crippen molar-refractivity contribution in [2.24, 2.45) is 0 Å². The van der Waals surface area contributed by atoms with E-state index in [9.17, 15) is 9.90 Å². The summed E-state index contributed by atoms with van der Waals surface area (Å²) in [6, 6.07) is 14.2. The Bertz CT molecular complexity index is 742. The number of aryl methyl sites for hydroxylation is 2. The average Bonchev–Trinajstić information content (AvgIpc) is 2.76. The molecule has 118 valence electrons. The van der Waals surface area contributed by atoms with Gasteiger partial charge in [0.25, 0.3) is 0 Å². The van der Waals surface area contributed by atoms with Crippen LogP contribution in [0.3, 0.4) is 0 Å². The maximum Gasteiger partial charge on any atom is 0.331 e. The van der Waals surface area contributed by atoms with Crippen LogP contribution < -0.4 is 4.74 Å². The van der Waals surface area contributed by atoms with E-state index in [1.165, 1.54) is 11.1 Å². The van der Waals surface area contributed by atoms with Crippen molar-refractivity contribution in [1.82, 2.24) is 0 Å². The van der Waals surface area contributed by atoms with Crippen LogP contribution in [-0.2, 0) is 17.8 Å². The first kappa shape index (κ1) is 15.3. The summed E-state index contributed by atoms with van der Waals surface area (Å²) in [6.45, 7) is 2.57. The first-order chi connectivity index (χ1) is 11.1. The van der Waals surface area contributed by atoms with Crippen molar-refractivity contribution in [3.8, 4) is 5.75 Å². The van der Waals surface area contributed by atoms with Crippen LogP contribution in [0.5, 0.6) is 5.75 Å². The van der Waals surface area contributed by atoms with E-state index >= 15 is 0 Å². The van der Waals surface area contributed by atoms with E-state index < -0.39 is 5.97 Å². The van der Waals surface area contributed by atoms with Gasteiger partial charge >= 0.3 is 5.97 Å². The Hall–Kier alpha value is -2.55. The fourth-order valence-electron chi connectivity index (χ4n) is 2.77. The molecule has 1 aliphatic rings. The van der Waals surface area contributed by atoms with E-state index in [-0.39, 0.29) is 0 Å². The zero-order valence-corrected chi connectivity index (χ0v) is 13.2. The molecular formula is C20H20O3. The molecule has 0 radical (unpaired) electrons. The lowest BCUT2D eigenvalue weighted by molar-refractivity contribution is -0.132. The Morgan fingerprint density at radius 2 is 1.91 bits per heavy atom. The van der Waals surface area contributed by atoms with Crippen molar-refractivity contribution in [3.63, 3.8) is 0 Å². The Kier molecular flexibility index (Phi) is 4.47. The summed E-state index contributed by atoms with van der Waals surface area (Å²) in [4.78, 5) is 11.2. The second-order valence-corrected chi connectivity index (χ2v) is 5.96. The molecule has 0 aromatic heterocycles. The summed E-state index contributed by atoms with van der Waals surface area (Å²) in [5.41, 5.74) is 4.96. The zero-order valence-electron chi connectivity index (χ0n) is 13.2. The molecule has 0 bridgehead atoms. The molecule has 3 rings (SSSR count). The van der Waals surface area contributed by atoms with Crippen molar-refractivity contribution in [1.29, 1.82) is 0 Å². The molecule has 0 unspecified atom stereocenters. The molecular weight excluding hydrogens is 288 g/mol. The number of hydrogen-bond donors (Lipinski definition) is 1. The predicted molar refractivity (Wildman–Crippen MR) is 90.5 cm³/mol. The summed E-state index contributed by atoms with van der Waals surface area (Å²) < 4.78 is 5.86. The van der Waals surface area contributed by atoms with Crippen LogP contribution in [0.25, 0.3) is 6.08 Å². The number of rotatable bonds is 4. The van der Waals surface area contributed by atoms with Crippen LogP contribution in [0.1, 0.15) is 35.1 Å². The first-order valence-corrected chi connectivity index (χ1v) is 7.87. The largest absolute Gasteiger partial charge is 0.489 e. The summed E-state index contributed by atoms with van der Waals surface area (Å²) in [5.74, 6) is -0.0592. The third-order valence-electron chi connectivity index (χ3n) is 4.14. The molecule has 0 saturated carbocycles. The van der Waals surface area contributed by atoms with Gasteiger partial charge in [-0.05, 0) is 61.1 Å². The average molecular weight is 308 g/mol. The molecule has 0 fully saturated rings. The number of fused-ring (bicyclic) bond motifs is 1. The number of hydrogen-bond acceptors (Lipinski definition) is 2. The summed E-state index contributed by atoms with van der Waals surface area (Å²) in [6.07, 6.45) is 4.17. The molecule has 2 aromatic rings. The van der Waals surface area contributed by atoms with E-state index in [1.54, 1.807) is 6.08 Å². The monoisotopic (exact) mass is 308 g/mol. The highest BCUT2D eigenvalue weighted by atomic mass is 16.5. The van der Waals surface area contributed by atoms with E-state index in [1.807, 2.05) is 18.2 Å². The predicted octanol–water partition coefficient (Wildman–Crippen LogP) is 4.38. The van der Waals surface area contributed by atoms with Gasteiger partial charge in [-0.3, -0.25) is 0 Å². The molecule has 0 atom stereocenters. The Labute approximate surface area is 136 Å². The third kappa shape index (κ3) is 3.81. The summed E-state index contributed by atoms with van der Waals surface area (Å²) >= 11 is 0. The minimum absolute atomic E-state index is 0.472. The van der Waals surface area contributed by atoms with Crippen molar-refractivity contribution < 1.29 is 14.6 Å². The van der Waals surface area contributed by atoms with Crippen LogP contribution in [0.4, 0.5) is 0 Å². The molecule has 2 aromatic carbocycles. The van der Waals surface area contributed by atoms with Crippen LogP contribution in [0.15, 0.2) is 48.0 Å². The van der Waals surface area contributed by atoms with E-state index in [4.69, 9.17) is 4.74 Å². The molecule has 0 heterocycles. The Morgan fingerprint density at radius 3 is 2.65 bits per heavy atom. The normalized spacial score (nSPS) is 13.7. The van der Waals surface area contributed by atoms with Crippen LogP contribution >= 0.6 is 0 Å². The second-order valence-electron chi connectivity index (χ2n) is 5.96. The highest BCUT2D eigenvalue weighted by Crippen LogP contribution is 2.27. The molecule has 1 N–H and O–H groups in total. The number of carbonyl (C=O) groups is 1. The fraction of sp³-hybridized carbons (Fsp3) is 0.250. The van der Waals surface area contributed by atoms with Gasteiger partial charge < -0.3 is 9.84 Å². The number of carboxylic acid groups (broad SMARTS) is 1. The molecule has 1 aliphatic carbocycles. The number of aliphatic carboxylic acids is 1. The minimum Gasteiger partial charge on any atom is -0.489 e. The summed E-state index contributed by atoms with van der Waals surface area (Å²) in [7, 11) is 0. The maximum atomic E-state index is 11.2. The number of carboxylic acids is 1. The zero-order chi connectivity index (χ0) is 16.2. The van der Waals surface area contributed by atoms with Gasteiger partial charge in [0.05, 0.1) is 0 Å². The van der Waals surface area contributed by atoms with E-state index in [0.717, 1.165) is 29.7 Å². The molecule has 0 saturated heterocycles. The second kappa shape index (κ2) is 6.69. The topological polar surface area (TPSA) is 46.5 Å². The van der Waals surface area contributed by atoms with Crippen molar-refractivity contribution in [2.45, 2.75) is 32.8 Å². The minimum atomic E-state index is -0.830. The standard InChI is InChI=1S/C20H20O3/c1-14-5-7-15(8-6-14)13-23-19-10-9-16-3-2-4-17(20(21)22)11-18(16)12-19/h5-12H,2-4,13H2,1H3,(H,21,22). The van der Waals surface area contributed by atoms with Gasteiger partial charge in [-0.25, -0.2) is 4.79 Å². The van der Waals surface area contributed by atoms with Crippen molar-refractivity contribution in [2.75, 3.05) is 0 Å². The highest BCUT2D eigenvalue weighted by molar-refractivity contribution is 5.92. The van der Waals surface area contributed by atoms with Gasteiger partial charge in [-0.1, -0.05) is 35.9 Å². The lowest BCUT2D eigenvalue weighted by Gasteiger charge is -2.10. The maximum absolute atomic E-state index is 11.2. The Balaban J connectivity index is 1.78. The quantitative estimate of drug-likeness (QED) is 0.912. The van der Waals surface area contributed by atoms with Gasteiger partial charge in [-0.2, -0.15) is 0 Å². The highest BCUT2D eigenvalue weighted by Gasteiger charge is 2.14. The van der Waals surface area contributed by atoms with E-state index in [2.05, 4.69) is 31.2 Å². The van der Waals surface area contributed by atoms with E-state index in [0.29, 0.717) is 18.6 Å². The molecule has 3 nitrogen and oxygen atoms in total. The first-order valence-electron chi connectivity index (χ1n) is 7.87. The molecule has 23 heavy (non-hydrogen) atoms. The summed E-state index contributed by atoms with van der Waals surface area (Å²) in [5, 5.41) is 9.23. The van der Waals surface area contributed by atoms with Gasteiger partial charge in [0.2, 0.25) is 0 Å². The molecule has 0 spiro atoms. The van der Waals surface area contributed by atoms with Crippen LogP contribution in [0.2, 0.25) is 0 Å². The fourth-order valence-corrected chi connectivity index (χ4v) is 2.77. The molecule has 3 heteroatoms. The number of ether oxygens (including phenoxy) is 1. The third-order valence-corrected chi connectivity index (χ3v) is 4.14. The SMILES string of the molecule is Cc1ccc(COc2ccc3c(c2)C=C(C(=O)O)CCC3)cc1. The van der Waals surface area contributed by atoms with Gasteiger partial charge in [0.1, 0.15) is 12.4 Å². The Morgan fingerprint density at radius 1 is 1.13 bits per heavy atom. The lowest BCUT2D eigenvalue weighted by Crippen LogP contribution is -1.99. The molecule has 0 amide bonds. The van der Waals surface area contributed by atoms with Gasteiger partial charge in [0.15, 0.2) is 0 Å². The van der Waals surface area contributed by atoms with Crippen molar-refractivity contribution >= 4 is 12.0 Å². The van der Waals surface area contributed by atoms with Crippen LogP contribution in [-0.4, -0.2) is 11.1 Å². The molecule has 0 aliphatic heterocycles. The smallest absolute Gasteiger partial charge is 0.331 e. The lowest BCUT2D eigenvalue weighted by atomic mass is 10.0. The van der Waals surface area contributed by atoms with Crippen molar-refractivity contribution in [3.05, 3.63) is 70.3 Å². The van der Waals surface area contributed by atoms with Crippen LogP contribution in [0, 0.1) is 6.92 Å². The van der Waals surface area contributed by atoms with Gasteiger partial charge in [-0.15, -0.1) is 0 Å². The van der Waals surface area contributed by atoms with Gasteiger partial charge in [0, 0.05) is 5.57 Å².